The van der Waals surface area contributed by atoms with Gasteiger partial charge in [-0.15, -0.1) is 0 Å². The number of hydrogen-bond acceptors (Lipinski definition) is 2. The molecule has 0 fully saturated rings. The van der Waals surface area contributed by atoms with Crippen LogP contribution in [0.25, 0.3) is 0 Å². The number of hydrogen-bond donors (Lipinski definition) is 2. The average Bonchev–Trinajstić information content (AvgIpc) is 2.24. The zero-order valence-electron chi connectivity index (χ0n) is 11.4. The first-order valence-corrected chi connectivity index (χ1v) is 6.13. The van der Waals surface area contributed by atoms with Crippen molar-refractivity contribution in [2.24, 2.45) is 0 Å². The molecule has 0 radical (unpaired) electrons. The number of allylic oxidation sites excluding steroid dienone is 4. The Hall–Kier alpha value is -0.860. The van der Waals surface area contributed by atoms with E-state index in [1.54, 1.807) is 13.0 Å². The van der Waals surface area contributed by atoms with E-state index in [1.165, 1.54) is 5.57 Å². The molecule has 0 aliphatic heterocycles. The summed E-state index contributed by atoms with van der Waals surface area (Å²) in [6, 6.07) is 0. The largest absolute Gasteiger partial charge is 0.390 e. The summed E-state index contributed by atoms with van der Waals surface area (Å²) < 4.78 is 0. The van der Waals surface area contributed by atoms with Crippen LogP contribution in [0.5, 0.6) is 0 Å². The van der Waals surface area contributed by atoms with E-state index in [0.717, 1.165) is 12.0 Å². The van der Waals surface area contributed by atoms with Gasteiger partial charge in [0.1, 0.15) is 0 Å². The monoisotopic (exact) mass is 238 g/mol. The highest BCUT2D eigenvalue weighted by atomic mass is 16.3. The van der Waals surface area contributed by atoms with E-state index < -0.39 is 11.7 Å². The Balaban J connectivity index is 4.14. The second-order valence-electron chi connectivity index (χ2n) is 5.09. The van der Waals surface area contributed by atoms with Gasteiger partial charge >= 0.3 is 0 Å². The summed E-state index contributed by atoms with van der Waals surface area (Å²) in [6.45, 7) is 13.2. The van der Waals surface area contributed by atoms with Gasteiger partial charge in [-0.2, -0.15) is 0 Å². The van der Waals surface area contributed by atoms with E-state index in [2.05, 4.69) is 19.2 Å². The van der Waals surface area contributed by atoms with Crippen molar-refractivity contribution >= 4 is 0 Å². The SMILES string of the molecule is C=CC(=C)CC[C@H](O)[C@@](C)(O)CCC=C(C)C. The predicted octanol–water partition coefficient (Wildman–Crippen LogP) is 3.37. The van der Waals surface area contributed by atoms with Crippen LogP contribution in [0.4, 0.5) is 0 Å². The van der Waals surface area contributed by atoms with Gasteiger partial charge in [-0.1, -0.05) is 36.5 Å². The first-order chi connectivity index (χ1) is 7.79. The summed E-state index contributed by atoms with van der Waals surface area (Å²) in [4.78, 5) is 0. The third kappa shape index (κ3) is 7.14. The second kappa shape index (κ2) is 7.46. The van der Waals surface area contributed by atoms with Gasteiger partial charge in [0.2, 0.25) is 0 Å². The van der Waals surface area contributed by atoms with Crippen LogP contribution in [-0.2, 0) is 0 Å². The maximum Gasteiger partial charge on any atom is 0.0880 e. The van der Waals surface area contributed by atoms with E-state index in [1.807, 2.05) is 13.8 Å². The van der Waals surface area contributed by atoms with Crippen LogP contribution in [0.3, 0.4) is 0 Å². The Labute approximate surface area is 105 Å². The highest BCUT2D eigenvalue weighted by molar-refractivity contribution is 5.10. The Morgan fingerprint density at radius 1 is 1.41 bits per heavy atom. The minimum atomic E-state index is -1.03. The van der Waals surface area contributed by atoms with Gasteiger partial charge in [-0.25, -0.2) is 0 Å². The lowest BCUT2D eigenvalue weighted by atomic mass is 9.89. The Bertz CT molecular complexity index is 283. The molecule has 0 aromatic carbocycles. The average molecular weight is 238 g/mol. The lowest BCUT2D eigenvalue weighted by Crippen LogP contribution is -2.39. The quantitative estimate of drug-likeness (QED) is 0.503. The summed E-state index contributed by atoms with van der Waals surface area (Å²) in [5.41, 5.74) is 1.09. The summed E-state index contributed by atoms with van der Waals surface area (Å²) in [6.07, 6.45) is 5.59. The van der Waals surface area contributed by atoms with Crippen molar-refractivity contribution in [2.45, 2.75) is 58.2 Å². The van der Waals surface area contributed by atoms with Crippen LogP contribution < -0.4 is 0 Å². The number of rotatable bonds is 8. The molecule has 0 aromatic rings. The van der Waals surface area contributed by atoms with Crippen molar-refractivity contribution in [3.63, 3.8) is 0 Å². The van der Waals surface area contributed by atoms with Crippen molar-refractivity contribution in [2.75, 3.05) is 0 Å². The minimum Gasteiger partial charge on any atom is -0.390 e. The molecule has 0 unspecified atom stereocenters. The molecule has 0 spiro atoms. The highest BCUT2D eigenvalue weighted by Crippen LogP contribution is 2.22. The summed E-state index contributed by atoms with van der Waals surface area (Å²) in [5.74, 6) is 0. The Morgan fingerprint density at radius 2 is 2.00 bits per heavy atom. The van der Waals surface area contributed by atoms with Crippen molar-refractivity contribution in [3.05, 3.63) is 36.5 Å². The molecule has 98 valence electrons. The molecule has 2 nitrogen and oxygen atoms in total. The molecule has 0 saturated heterocycles. The van der Waals surface area contributed by atoms with Gasteiger partial charge in [-0.05, 0) is 46.5 Å². The molecule has 17 heavy (non-hydrogen) atoms. The molecular formula is C15H26O2. The van der Waals surface area contributed by atoms with Crippen molar-refractivity contribution in [1.29, 1.82) is 0 Å². The van der Waals surface area contributed by atoms with Crippen molar-refractivity contribution in [1.82, 2.24) is 0 Å². The van der Waals surface area contributed by atoms with Crippen molar-refractivity contribution in [3.8, 4) is 0 Å². The summed E-state index contributed by atoms with van der Waals surface area (Å²) >= 11 is 0. The third-order valence-corrected chi connectivity index (χ3v) is 2.95. The van der Waals surface area contributed by atoms with Crippen LogP contribution in [0.15, 0.2) is 36.5 Å². The zero-order valence-corrected chi connectivity index (χ0v) is 11.4. The molecule has 0 rings (SSSR count). The van der Waals surface area contributed by atoms with Gasteiger partial charge in [-0.3, -0.25) is 0 Å². The van der Waals surface area contributed by atoms with E-state index >= 15 is 0 Å². The van der Waals surface area contributed by atoms with Crippen LogP contribution in [0.2, 0.25) is 0 Å². The fourth-order valence-corrected chi connectivity index (χ4v) is 1.55. The fourth-order valence-electron chi connectivity index (χ4n) is 1.55. The standard InChI is InChI=1S/C15H26O2/c1-6-13(4)9-10-14(16)15(5,17)11-7-8-12(2)3/h6,8,14,16-17H,1,4,7,9-11H2,2-3,5H3/t14-,15-/m0/s1. The molecule has 0 aromatic heterocycles. The first kappa shape index (κ1) is 16.1. The summed E-state index contributed by atoms with van der Waals surface area (Å²) in [5, 5.41) is 20.1. The van der Waals surface area contributed by atoms with Gasteiger partial charge in [0.05, 0.1) is 11.7 Å². The molecule has 2 N–H and O–H groups in total. The van der Waals surface area contributed by atoms with E-state index in [0.29, 0.717) is 19.3 Å². The molecule has 0 amide bonds. The van der Waals surface area contributed by atoms with Gasteiger partial charge in [0.25, 0.3) is 0 Å². The smallest absolute Gasteiger partial charge is 0.0880 e. The van der Waals surface area contributed by atoms with Crippen LogP contribution >= 0.6 is 0 Å². The van der Waals surface area contributed by atoms with E-state index in [4.69, 9.17) is 0 Å². The topological polar surface area (TPSA) is 40.5 Å². The highest BCUT2D eigenvalue weighted by Gasteiger charge is 2.28. The number of aliphatic hydroxyl groups is 2. The maximum absolute atomic E-state index is 10.1. The molecule has 2 heteroatoms. The second-order valence-corrected chi connectivity index (χ2v) is 5.09. The Kier molecular flexibility index (Phi) is 7.09. The van der Waals surface area contributed by atoms with Crippen molar-refractivity contribution < 1.29 is 10.2 Å². The van der Waals surface area contributed by atoms with E-state index in [-0.39, 0.29) is 0 Å². The van der Waals surface area contributed by atoms with Gasteiger partial charge in [0.15, 0.2) is 0 Å². The fraction of sp³-hybridized carbons (Fsp3) is 0.600. The molecule has 0 aliphatic rings. The third-order valence-electron chi connectivity index (χ3n) is 2.95. The lowest BCUT2D eigenvalue weighted by Gasteiger charge is -2.29. The predicted molar refractivity (Wildman–Crippen MR) is 73.9 cm³/mol. The normalized spacial score (nSPS) is 15.8. The molecule has 0 heterocycles. The molecule has 0 saturated carbocycles. The van der Waals surface area contributed by atoms with Gasteiger partial charge < -0.3 is 10.2 Å². The van der Waals surface area contributed by atoms with Crippen LogP contribution in [0, 0.1) is 0 Å². The first-order valence-electron chi connectivity index (χ1n) is 6.13. The van der Waals surface area contributed by atoms with Gasteiger partial charge in [0, 0.05) is 0 Å². The summed E-state index contributed by atoms with van der Waals surface area (Å²) in [7, 11) is 0. The van der Waals surface area contributed by atoms with Crippen LogP contribution in [-0.4, -0.2) is 21.9 Å². The van der Waals surface area contributed by atoms with E-state index in [9.17, 15) is 10.2 Å². The molecular weight excluding hydrogens is 212 g/mol. The Morgan fingerprint density at radius 3 is 2.47 bits per heavy atom. The van der Waals surface area contributed by atoms with Crippen LogP contribution in [0.1, 0.15) is 46.5 Å². The maximum atomic E-state index is 10.1. The lowest BCUT2D eigenvalue weighted by molar-refractivity contribution is -0.0690. The zero-order chi connectivity index (χ0) is 13.5. The molecule has 2 atom stereocenters. The number of aliphatic hydroxyl groups excluding tert-OH is 1. The molecule has 0 bridgehead atoms. The molecule has 0 aliphatic carbocycles. The minimum absolute atomic E-state index is 0.521.